The van der Waals surface area contributed by atoms with Crippen LogP contribution in [0.25, 0.3) is 0 Å². The number of hydrogen-bond acceptors (Lipinski definition) is 12. The number of carbonyl (C=O) groups excluding carboxylic acids is 12. The van der Waals surface area contributed by atoms with Crippen LogP contribution in [0.1, 0.15) is 174 Å². The van der Waals surface area contributed by atoms with E-state index in [0.717, 1.165) is 67.6 Å². The molecule has 6 aliphatic rings. The molecule has 8 atom stereocenters. The molecule has 1 spiro atoms. The van der Waals surface area contributed by atoms with Crippen LogP contribution in [0, 0.1) is 17.8 Å². The Hall–Kier alpha value is -6.27. The van der Waals surface area contributed by atoms with E-state index in [4.69, 9.17) is 34.8 Å². The van der Waals surface area contributed by atoms with Gasteiger partial charge < -0.3 is 60.0 Å². The lowest BCUT2D eigenvalue weighted by Gasteiger charge is -2.43. The van der Waals surface area contributed by atoms with Crippen LogP contribution in [0.4, 0.5) is 0 Å². The summed E-state index contributed by atoms with van der Waals surface area (Å²) in [6.45, 7) is 4.52. The molecule has 3 saturated heterocycles. The van der Waals surface area contributed by atoms with Gasteiger partial charge in [-0.15, -0.1) is 0 Å². The number of aryl methyl sites for hydroxylation is 1. The Labute approximate surface area is 582 Å². The van der Waals surface area contributed by atoms with Crippen molar-refractivity contribution in [2.75, 3.05) is 88.6 Å². The molecule has 1 aromatic rings. The predicted molar refractivity (Wildman–Crippen MR) is 365 cm³/mol. The number of rotatable bonds is 9. The molecule has 3 N–H and O–H groups in total. The maximum atomic E-state index is 15.7. The third-order valence-electron chi connectivity index (χ3n) is 21.6. The van der Waals surface area contributed by atoms with E-state index >= 15 is 19.2 Å². The zero-order valence-corrected chi connectivity index (χ0v) is 60.5. The standard InChI is InChI=1S/C69H105Cl3N12O12/c1-11-43(2)59-66(94)78(6)41-56(87)76(4)42-57(88)80(8)52(38-45-24-15-12-16-25-45)64(92)77(5)40-54(85)73-50(30-29-46-36-48(70)58(72)49(71)37-46)63(91)84-35-23-28-51(84)62(90)75-69(31-19-20-32-69)68(96)82(10)60(47-26-17-13-18-27-47)67(95)81(9)53(65(93)83-33-21-14-22-34-83)39-55(86)79(7)44(3)61(89)74-59/h36-37,43-45,47,50-53,59-60H,11-35,38-42H2,1-10H3,(H,73,85)(H,74,89)(H,75,90)/t43-,44-,50-,51?,52-,53-,59-,60-/m0/s1. The van der Waals surface area contributed by atoms with Crippen molar-refractivity contribution in [1.29, 1.82) is 0 Å². The summed E-state index contributed by atoms with van der Waals surface area (Å²) in [5.74, 6) is -7.86. The summed E-state index contributed by atoms with van der Waals surface area (Å²) in [4.78, 5) is 190. The largest absolute Gasteiger partial charge is 0.343 e. The van der Waals surface area contributed by atoms with Crippen LogP contribution >= 0.6 is 34.8 Å². The van der Waals surface area contributed by atoms with Crippen molar-refractivity contribution in [2.45, 2.75) is 223 Å². The fourth-order valence-electron chi connectivity index (χ4n) is 15.0. The van der Waals surface area contributed by atoms with Gasteiger partial charge in [-0.25, -0.2) is 0 Å². The Bertz CT molecular complexity index is 2980. The Morgan fingerprint density at radius 1 is 0.594 bits per heavy atom. The minimum absolute atomic E-state index is 0.0131. The van der Waals surface area contributed by atoms with Gasteiger partial charge in [0.25, 0.3) is 0 Å². The molecule has 6 fully saturated rings. The summed E-state index contributed by atoms with van der Waals surface area (Å²) in [5.41, 5.74) is -0.903. The molecule has 12 amide bonds. The van der Waals surface area contributed by atoms with Gasteiger partial charge in [0.15, 0.2) is 0 Å². The second-order valence-electron chi connectivity index (χ2n) is 28.3. The Balaban J connectivity index is 1.26. The van der Waals surface area contributed by atoms with E-state index in [1.54, 1.807) is 31.0 Å². The Morgan fingerprint density at radius 2 is 1.18 bits per heavy atom. The molecule has 0 aromatic heterocycles. The predicted octanol–water partition coefficient (Wildman–Crippen LogP) is 5.69. The molecule has 24 nitrogen and oxygen atoms in total. The minimum Gasteiger partial charge on any atom is -0.343 e. The highest BCUT2D eigenvalue weighted by Crippen LogP contribution is 2.38. The smallest absolute Gasteiger partial charge is 0.248 e. The number of nitrogens with zero attached hydrogens (tertiary/aromatic N) is 9. The molecular formula is C69H105Cl3N12O12. The van der Waals surface area contributed by atoms with E-state index in [-0.39, 0.29) is 72.0 Å². The second kappa shape index (κ2) is 35.0. The number of benzene rings is 1. The average Bonchev–Trinajstić information content (AvgIpc) is 1.37. The SMILES string of the molecule is CC[C@H](C)[C@@H]1NC(=O)[C@H](C)N(C)C(=O)C[C@@H](C(=O)N2CCCCC2)N(C)C(=O)[C@H](C2CCCCC2)N(C)C(=O)C2(CCCC2)NC(=O)C2CCCN2C(=O)[C@H](CCc2cc(Cl)c(Cl)c(Cl)c2)NC(=O)CN(C)C(=O)[C@H](CC2CCCCC2)N(C)C(=O)CN(C)C(=O)CN(C)C1=O. The second-order valence-corrected chi connectivity index (χ2v) is 29.5. The molecule has 3 aliphatic heterocycles. The fourth-order valence-corrected chi connectivity index (χ4v) is 15.7. The van der Waals surface area contributed by atoms with Crippen LogP contribution in [-0.2, 0) is 64.0 Å². The first-order chi connectivity index (χ1) is 45.5. The van der Waals surface area contributed by atoms with Crippen LogP contribution in [0.3, 0.4) is 0 Å². The van der Waals surface area contributed by atoms with E-state index in [9.17, 15) is 38.4 Å². The van der Waals surface area contributed by atoms with Gasteiger partial charge in [0.05, 0.1) is 41.1 Å². The lowest BCUT2D eigenvalue weighted by atomic mass is 9.81. The number of halogens is 3. The van der Waals surface area contributed by atoms with Crippen molar-refractivity contribution < 1.29 is 57.5 Å². The van der Waals surface area contributed by atoms with E-state index in [2.05, 4.69) is 16.0 Å². The maximum Gasteiger partial charge on any atom is 0.248 e. The number of amides is 12. The molecular weight excluding hydrogens is 1300 g/mol. The normalized spacial score (nSPS) is 27.3. The van der Waals surface area contributed by atoms with E-state index < -0.39 is 151 Å². The molecule has 3 aliphatic carbocycles. The zero-order chi connectivity index (χ0) is 70.5. The van der Waals surface area contributed by atoms with E-state index in [1.807, 2.05) is 6.92 Å². The lowest BCUT2D eigenvalue weighted by molar-refractivity contribution is -0.157. The maximum absolute atomic E-state index is 15.7. The van der Waals surface area contributed by atoms with Crippen molar-refractivity contribution in [2.24, 2.45) is 17.8 Å². The highest BCUT2D eigenvalue weighted by atomic mass is 35.5. The van der Waals surface area contributed by atoms with Gasteiger partial charge in [-0.3, -0.25) is 57.5 Å². The van der Waals surface area contributed by atoms with Crippen LogP contribution in [0.15, 0.2) is 12.1 Å². The number of carbonyl (C=O) groups is 12. The highest BCUT2D eigenvalue weighted by Gasteiger charge is 2.51. The Kier molecular flexibility index (Phi) is 28.1. The van der Waals surface area contributed by atoms with Gasteiger partial charge in [-0.2, -0.15) is 0 Å². The summed E-state index contributed by atoms with van der Waals surface area (Å²) < 4.78 is 0. The first-order valence-electron chi connectivity index (χ1n) is 34.9. The van der Waals surface area contributed by atoms with Gasteiger partial charge in [0.1, 0.15) is 47.8 Å². The molecule has 3 saturated carbocycles. The molecule has 7 rings (SSSR count). The van der Waals surface area contributed by atoms with Gasteiger partial charge in [0, 0.05) is 69.0 Å². The van der Waals surface area contributed by atoms with Crippen molar-refractivity contribution in [3.05, 3.63) is 32.8 Å². The van der Waals surface area contributed by atoms with Gasteiger partial charge in [0.2, 0.25) is 70.9 Å². The first kappa shape index (κ1) is 77.1. The van der Waals surface area contributed by atoms with Gasteiger partial charge in [-0.05, 0) is 119 Å². The third kappa shape index (κ3) is 18.9. The topological polar surface area (TPSA) is 270 Å². The summed E-state index contributed by atoms with van der Waals surface area (Å²) in [6.07, 6.45) is 13.1. The van der Waals surface area contributed by atoms with Crippen LogP contribution in [0.2, 0.25) is 15.1 Å². The third-order valence-corrected chi connectivity index (χ3v) is 22.7. The Morgan fingerprint density at radius 3 is 1.79 bits per heavy atom. The van der Waals surface area contributed by atoms with E-state index in [0.29, 0.717) is 70.0 Å². The summed E-state index contributed by atoms with van der Waals surface area (Å²) in [6, 6.07) is -5.06. The van der Waals surface area contributed by atoms with Gasteiger partial charge in [-0.1, -0.05) is 119 Å². The molecule has 3 heterocycles. The molecule has 1 unspecified atom stereocenters. The average molecular weight is 1400 g/mol. The molecule has 27 heteroatoms. The monoisotopic (exact) mass is 1400 g/mol. The molecule has 534 valence electrons. The molecule has 0 bridgehead atoms. The summed E-state index contributed by atoms with van der Waals surface area (Å²) in [7, 11) is 10.2. The zero-order valence-electron chi connectivity index (χ0n) is 58.2. The van der Waals surface area contributed by atoms with Gasteiger partial charge >= 0.3 is 0 Å². The number of nitrogens with one attached hydrogen (secondary N) is 3. The van der Waals surface area contributed by atoms with E-state index in [1.165, 1.54) is 78.6 Å². The minimum atomic E-state index is -1.50. The van der Waals surface area contributed by atoms with Crippen molar-refractivity contribution >= 4 is 106 Å². The highest BCUT2D eigenvalue weighted by molar-refractivity contribution is 6.48. The molecule has 1 aromatic carbocycles. The number of hydrogen-bond donors (Lipinski definition) is 3. The lowest BCUT2D eigenvalue weighted by Crippen LogP contribution is -2.65. The molecule has 0 radical (unpaired) electrons. The fraction of sp³-hybridized carbons (Fsp3) is 0.739. The molecule has 96 heavy (non-hydrogen) atoms. The van der Waals surface area contributed by atoms with Crippen LogP contribution in [-0.4, -0.2) is 251 Å². The summed E-state index contributed by atoms with van der Waals surface area (Å²) >= 11 is 19.2. The van der Waals surface area contributed by atoms with Crippen molar-refractivity contribution in [3.63, 3.8) is 0 Å². The quantitative estimate of drug-likeness (QED) is 0.252. The summed E-state index contributed by atoms with van der Waals surface area (Å²) in [5, 5.41) is 9.33. The number of fused-ring (bicyclic) bond motifs is 1. The number of likely N-dealkylation sites (tertiary alicyclic amines) is 1. The van der Waals surface area contributed by atoms with Crippen molar-refractivity contribution in [3.8, 4) is 0 Å². The van der Waals surface area contributed by atoms with Crippen LogP contribution in [0.5, 0.6) is 0 Å². The number of likely N-dealkylation sites (N-methyl/N-ethyl adjacent to an activating group) is 7. The number of piperidine rings is 1. The first-order valence-corrected chi connectivity index (χ1v) is 36.1. The van der Waals surface area contributed by atoms with Crippen LogP contribution < -0.4 is 16.0 Å². The van der Waals surface area contributed by atoms with Crippen molar-refractivity contribution in [1.82, 2.24) is 60.0 Å².